The Hall–Kier alpha value is -4.25. The number of pyridine rings is 1. The molecule has 3 heterocycles. The standard InChI is InChI=1S/C25H22N6O2/c26-12-19-22(16-6-8-17(9-7-16)25(32)33)30-24-20(14-29-31(24)23(19)27)18-10-11-21(28-13-18)15-4-2-1-3-5-15/h1-5,10-11,13-14,16-17H,6-9,27H2,(H,32,33). The number of hydrogen-bond acceptors (Lipinski definition) is 6. The molecule has 33 heavy (non-hydrogen) atoms. The smallest absolute Gasteiger partial charge is 0.306 e. The van der Waals surface area contributed by atoms with Gasteiger partial charge in [-0.3, -0.25) is 9.78 Å². The van der Waals surface area contributed by atoms with Gasteiger partial charge in [0.25, 0.3) is 0 Å². The van der Waals surface area contributed by atoms with Gasteiger partial charge in [0.05, 0.1) is 23.5 Å². The highest BCUT2D eigenvalue weighted by Gasteiger charge is 2.30. The molecule has 0 radical (unpaired) electrons. The number of aliphatic carboxylic acids is 1. The van der Waals surface area contributed by atoms with Gasteiger partial charge in [0.1, 0.15) is 17.5 Å². The summed E-state index contributed by atoms with van der Waals surface area (Å²) in [4.78, 5) is 20.8. The van der Waals surface area contributed by atoms with Crippen LogP contribution in [0.1, 0.15) is 42.9 Å². The number of nitrogen functional groups attached to an aromatic ring is 1. The molecule has 4 aromatic rings. The summed E-state index contributed by atoms with van der Waals surface area (Å²) in [5.74, 6) is -0.865. The molecule has 8 nitrogen and oxygen atoms in total. The molecule has 8 heteroatoms. The van der Waals surface area contributed by atoms with Gasteiger partial charge >= 0.3 is 5.97 Å². The zero-order chi connectivity index (χ0) is 22.9. The predicted octanol–water partition coefficient (Wildman–Crippen LogP) is 4.27. The summed E-state index contributed by atoms with van der Waals surface area (Å²) >= 11 is 0. The average Bonchev–Trinajstić information content (AvgIpc) is 3.29. The largest absolute Gasteiger partial charge is 0.481 e. The molecule has 0 saturated heterocycles. The number of nitriles is 1. The molecule has 1 aromatic carbocycles. The highest BCUT2D eigenvalue weighted by molar-refractivity contribution is 5.79. The van der Waals surface area contributed by atoms with Crippen LogP contribution in [0.2, 0.25) is 0 Å². The summed E-state index contributed by atoms with van der Waals surface area (Å²) in [5, 5.41) is 23.5. The van der Waals surface area contributed by atoms with E-state index in [0.717, 1.165) is 22.4 Å². The molecule has 0 unspecified atom stereocenters. The number of carboxylic acids is 1. The van der Waals surface area contributed by atoms with E-state index in [9.17, 15) is 15.2 Å². The van der Waals surface area contributed by atoms with Crippen LogP contribution < -0.4 is 5.73 Å². The first-order valence-electron chi connectivity index (χ1n) is 10.9. The van der Waals surface area contributed by atoms with Crippen LogP contribution in [-0.4, -0.2) is 30.7 Å². The van der Waals surface area contributed by atoms with Gasteiger partial charge in [-0.05, 0) is 31.7 Å². The fourth-order valence-electron chi connectivity index (χ4n) is 4.59. The summed E-state index contributed by atoms with van der Waals surface area (Å²) < 4.78 is 1.49. The minimum absolute atomic E-state index is 0.0103. The van der Waals surface area contributed by atoms with Gasteiger partial charge in [0, 0.05) is 28.8 Å². The number of fused-ring (bicyclic) bond motifs is 1. The Balaban J connectivity index is 1.54. The minimum Gasteiger partial charge on any atom is -0.481 e. The molecule has 1 fully saturated rings. The van der Waals surface area contributed by atoms with E-state index >= 15 is 0 Å². The zero-order valence-corrected chi connectivity index (χ0v) is 17.8. The topological polar surface area (TPSA) is 130 Å². The number of aromatic nitrogens is 4. The van der Waals surface area contributed by atoms with Crippen molar-refractivity contribution in [1.29, 1.82) is 5.26 Å². The lowest BCUT2D eigenvalue weighted by molar-refractivity contribution is -0.142. The second kappa shape index (κ2) is 8.36. The number of carbonyl (C=O) groups is 1. The van der Waals surface area contributed by atoms with Crippen LogP contribution in [0.15, 0.2) is 54.9 Å². The van der Waals surface area contributed by atoms with Gasteiger partial charge in [-0.25, -0.2) is 4.98 Å². The van der Waals surface area contributed by atoms with Crippen LogP contribution in [-0.2, 0) is 4.79 Å². The lowest BCUT2D eigenvalue weighted by Gasteiger charge is -2.26. The maximum atomic E-state index is 11.3. The molecule has 0 atom stereocenters. The Morgan fingerprint density at radius 2 is 1.82 bits per heavy atom. The van der Waals surface area contributed by atoms with Crippen LogP contribution in [0.5, 0.6) is 0 Å². The summed E-state index contributed by atoms with van der Waals surface area (Å²) in [6, 6.07) is 16.0. The molecule has 5 rings (SSSR count). The Morgan fingerprint density at radius 1 is 1.06 bits per heavy atom. The lowest BCUT2D eigenvalue weighted by atomic mass is 9.79. The third kappa shape index (κ3) is 3.68. The first-order valence-corrected chi connectivity index (χ1v) is 10.9. The number of nitrogens with two attached hydrogens (primary N) is 1. The molecule has 1 aliphatic rings. The molecular formula is C25H22N6O2. The maximum absolute atomic E-state index is 11.3. The predicted molar refractivity (Wildman–Crippen MR) is 123 cm³/mol. The van der Waals surface area contributed by atoms with Crippen LogP contribution in [0.4, 0.5) is 5.82 Å². The molecule has 0 spiro atoms. The molecule has 1 aliphatic carbocycles. The van der Waals surface area contributed by atoms with E-state index in [-0.39, 0.29) is 17.7 Å². The summed E-state index contributed by atoms with van der Waals surface area (Å²) in [6.45, 7) is 0. The highest BCUT2D eigenvalue weighted by Crippen LogP contribution is 2.38. The number of rotatable bonds is 4. The van der Waals surface area contributed by atoms with Crippen molar-refractivity contribution in [2.24, 2.45) is 5.92 Å². The number of nitrogens with zero attached hydrogens (tertiary/aromatic N) is 5. The number of anilines is 1. The molecular weight excluding hydrogens is 416 g/mol. The van der Waals surface area contributed by atoms with Gasteiger partial charge in [-0.2, -0.15) is 14.9 Å². The normalized spacial score (nSPS) is 18.2. The first kappa shape index (κ1) is 20.6. The summed E-state index contributed by atoms with van der Waals surface area (Å²) in [6.07, 6.45) is 5.91. The van der Waals surface area contributed by atoms with E-state index in [0.29, 0.717) is 42.6 Å². The van der Waals surface area contributed by atoms with Gasteiger partial charge in [-0.15, -0.1) is 0 Å². The third-order valence-corrected chi connectivity index (χ3v) is 6.43. The van der Waals surface area contributed by atoms with Crippen molar-refractivity contribution < 1.29 is 9.90 Å². The highest BCUT2D eigenvalue weighted by atomic mass is 16.4. The second-order valence-electron chi connectivity index (χ2n) is 8.35. The Morgan fingerprint density at radius 3 is 2.45 bits per heavy atom. The monoisotopic (exact) mass is 438 g/mol. The van der Waals surface area contributed by atoms with Gasteiger partial charge < -0.3 is 10.8 Å². The van der Waals surface area contributed by atoms with Crippen LogP contribution in [0.25, 0.3) is 28.0 Å². The lowest BCUT2D eigenvalue weighted by Crippen LogP contribution is -2.22. The van der Waals surface area contributed by atoms with Crippen LogP contribution >= 0.6 is 0 Å². The third-order valence-electron chi connectivity index (χ3n) is 6.43. The molecule has 3 N–H and O–H groups in total. The molecule has 0 aliphatic heterocycles. The molecule has 0 amide bonds. The van der Waals surface area contributed by atoms with E-state index in [1.807, 2.05) is 42.5 Å². The number of hydrogen-bond donors (Lipinski definition) is 2. The number of benzene rings is 1. The number of carboxylic acid groups (broad SMARTS) is 1. The summed E-state index contributed by atoms with van der Waals surface area (Å²) in [5.41, 5.74) is 11.4. The van der Waals surface area contributed by atoms with E-state index < -0.39 is 5.97 Å². The van der Waals surface area contributed by atoms with Crippen molar-refractivity contribution in [3.8, 4) is 28.5 Å². The summed E-state index contributed by atoms with van der Waals surface area (Å²) in [7, 11) is 0. The fraction of sp³-hybridized carbons (Fsp3) is 0.240. The van der Waals surface area contributed by atoms with E-state index in [2.05, 4.69) is 16.2 Å². The van der Waals surface area contributed by atoms with E-state index in [1.54, 1.807) is 12.4 Å². The van der Waals surface area contributed by atoms with Crippen LogP contribution in [0.3, 0.4) is 0 Å². The van der Waals surface area contributed by atoms with E-state index in [1.165, 1.54) is 4.52 Å². The van der Waals surface area contributed by atoms with Crippen molar-refractivity contribution >= 4 is 17.4 Å². The van der Waals surface area contributed by atoms with Gasteiger partial charge in [0.15, 0.2) is 5.65 Å². The zero-order valence-electron chi connectivity index (χ0n) is 17.8. The van der Waals surface area contributed by atoms with Crippen molar-refractivity contribution in [2.45, 2.75) is 31.6 Å². The molecule has 3 aromatic heterocycles. The van der Waals surface area contributed by atoms with Crippen molar-refractivity contribution in [3.05, 3.63) is 66.1 Å². The van der Waals surface area contributed by atoms with Crippen LogP contribution in [0, 0.1) is 17.2 Å². The Labute approximate surface area is 190 Å². The van der Waals surface area contributed by atoms with E-state index in [4.69, 9.17) is 10.7 Å². The maximum Gasteiger partial charge on any atom is 0.306 e. The second-order valence-corrected chi connectivity index (χ2v) is 8.35. The molecule has 0 bridgehead atoms. The van der Waals surface area contributed by atoms with Crippen molar-refractivity contribution in [2.75, 3.05) is 5.73 Å². The average molecular weight is 438 g/mol. The van der Waals surface area contributed by atoms with Crippen molar-refractivity contribution in [3.63, 3.8) is 0 Å². The SMILES string of the molecule is N#Cc1c(C2CCC(C(=O)O)CC2)nc2c(-c3ccc(-c4ccccc4)nc3)cnn2c1N. The molecule has 164 valence electrons. The first-order chi connectivity index (χ1) is 16.1. The molecule has 1 saturated carbocycles. The fourth-order valence-corrected chi connectivity index (χ4v) is 4.59. The quantitative estimate of drug-likeness (QED) is 0.486. The minimum atomic E-state index is -0.763. The Bertz CT molecular complexity index is 1360. The van der Waals surface area contributed by atoms with Gasteiger partial charge in [-0.1, -0.05) is 36.4 Å². The van der Waals surface area contributed by atoms with Crippen molar-refractivity contribution in [1.82, 2.24) is 19.6 Å². The Kier molecular flexibility index (Phi) is 5.23. The van der Waals surface area contributed by atoms with Gasteiger partial charge in [0.2, 0.25) is 0 Å².